The molecule has 1 atom stereocenters. The number of amides is 2. The van der Waals surface area contributed by atoms with Crippen LogP contribution in [0, 0.1) is 0 Å². The largest absolute Gasteiger partial charge is 0.497 e. The van der Waals surface area contributed by atoms with Gasteiger partial charge in [-0.15, -0.1) is 0 Å². The number of carbonyl (C=O) groups is 1. The van der Waals surface area contributed by atoms with Crippen LogP contribution in [0.5, 0.6) is 5.75 Å². The molecule has 2 amide bonds. The Labute approximate surface area is 112 Å². The fourth-order valence-corrected chi connectivity index (χ4v) is 2.09. The van der Waals surface area contributed by atoms with Gasteiger partial charge in [0.15, 0.2) is 0 Å². The van der Waals surface area contributed by atoms with Gasteiger partial charge in [0.25, 0.3) is 0 Å². The van der Waals surface area contributed by atoms with Crippen molar-refractivity contribution < 1.29 is 14.6 Å². The van der Waals surface area contributed by atoms with Crippen molar-refractivity contribution >= 4 is 11.7 Å². The molecule has 1 unspecified atom stereocenters. The summed E-state index contributed by atoms with van der Waals surface area (Å²) in [7, 11) is 1.58. The minimum absolute atomic E-state index is 0.0431. The van der Waals surface area contributed by atoms with Crippen molar-refractivity contribution in [3.63, 3.8) is 0 Å². The van der Waals surface area contributed by atoms with Crippen LogP contribution in [0.25, 0.3) is 0 Å². The maximum Gasteiger partial charge on any atom is 0.322 e. The lowest BCUT2D eigenvalue weighted by molar-refractivity contribution is 0.124. The molecule has 6 heteroatoms. The molecular weight excluding hydrogens is 246 g/mol. The molecule has 0 saturated carbocycles. The van der Waals surface area contributed by atoms with Crippen molar-refractivity contribution in [1.29, 1.82) is 0 Å². The highest BCUT2D eigenvalue weighted by molar-refractivity contribution is 5.89. The second-order valence-electron chi connectivity index (χ2n) is 4.40. The average Bonchev–Trinajstić information content (AvgIpc) is 2.47. The van der Waals surface area contributed by atoms with Gasteiger partial charge in [-0.1, -0.05) is 6.07 Å². The molecule has 1 fully saturated rings. The van der Waals surface area contributed by atoms with Crippen molar-refractivity contribution in [2.75, 3.05) is 38.7 Å². The number of nitrogens with zero attached hydrogens (tertiary/aromatic N) is 1. The Kier molecular flexibility index (Phi) is 4.59. The van der Waals surface area contributed by atoms with E-state index in [1.165, 1.54) is 0 Å². The highest BCUT2D eigenvalue weighted by atomic mass is 16.5. The van der Waals surface area contributed by atoms with Crippen LogP contribution in [0.2, 0.25) is 0 Å². The van der Waals surface area contributed by atoms with Gasteiger partial charge in [-0.05, 0) is 12.1 Å². The molecule has 6 nitrogen and oxygen atoms in total. The molecule has 1 aromatic rings. The first kappa shape index (κ1) is 13.6. The number of urea groups is 1. The molecule has 2 rings (SSSR count). The van der Waals surface area contributed by atoms with Crippen molar-refractivity contribution in [2.45, 2.75) is 6.04 Å². The van der Waals surface area contributed by atoms with Crippen LogP contribution in [0.15, 0.2) is 24.3 Å². The molecule has 1 heterocycles. The number of benzene rings is 1. The minimum Gasteiger partial charge on any atom is -0.497 e. The third-order valence-corrected chi connectivity index (χ3v) is 3.14. The molecule has 0 aromatic heterocycles. The van der Waals surface area contributed by atoms with Gasteiger partial charge in [-0.2, -0.15) is 0 Å². The number of carbonyl (C=O) groups excluding carboxylic acids is 1. The number of hydrogen-bond acceptors (Lipinski definition) is 4. The smallest absolute Gasteiger partial charge is 0.322 e. The normalized spacial score (nSPS) is 19.1. The first-order valence-electron chi connectivity index (χ1n) is 6.28. The van der Waals surface area contributed by atoms with Gasteiger partial charge in [0.1, 0.15) is 5.75 Å². The van der Waals surface area contributed by atoms with E-state index in [-0.39, 0.29) is 18.7 Å². The Hall–Kier alpha value is -1.79. The van der Waals surface area contributed by atoms with Gasteiger partial charge in [0, 0.05) is 31.4 Å². The van der Waals surface area contributed by atoms with Gasteiger partial charge in [-0.25, -0.2) is 4.79 Å². The standard InChI is InChI=1S/C13H19N3O3/c1-19-12-4-2-3-10(7-12)15-13(18)16-6-5-14-8-11(16)9-17/h2-4,7,11,14,17H,5-6,8-9H2,1H3,(H,15,18). The number of aliphatic hydroxyl groups excluding tert-OH is 1. The van der Waals surface area contributed by atoms with Gasteiger partial charge in [0.2, 0.25) is 0 Å². The highest BCUT2D eigenvalue weighted by Gasteiger charge is 2.25. The monoisotopic (exact) mass is 265 g/mol. The number of anilines is 1. The second-order valence-corrected chi connectivity index (χ2v) is 4.40. The summed E-state index contributed by atoms with van der Waals surface area (Å²) in [5.74, 6) is 0.691. The van der Waals surface area contributed by atoms with Crippen LogP contribution < -0.4 is 15.4 Å². The molecular formula is C13H19N3O3. The number of hydrogen-bond donors (Lipinski definition) is 3. The second kappa shape index (κ2) is 6.40. The summed E-state index contributed by atoms with van der Waals surface area (Å²) in [5, 5.41) is 15.2. The average molecular weight is 265 g/mol. The summed E-state index contributed by atoms with van der Waals surface area (Å²) in [6, 6.07) is 6.81. The predicted molar refractivity (Wildman–Crippen MR) is 72.5 cm³/mol. The van der Waals surface area contributed by atoms with Crippen LogP contribution in [-0.2, 0) is 0 Å². The van der Waals surface area contributed by atoms with E-state index in [9.17, 15) is 9.90 Å². The van der Waals surface area contributed by atoms with E-state index in [1.807, 2.05) is 12.1 Å². The molecule has 19 heavy (non-hydrogen) atoms. The Balaban J connectivity index is 2.02. The summed E-state index contributed by atoms with van der Waals surface area (Å²) in [6.45, 7) is 1.89. The van der Waals surface area contributed by atoms with E-state index in [4.69, 9.17) is 4.74 Å². The molecule has 0 radical (unpaired) electrons. The fourth-order valence-electron chi connectivity index (χ4n) is 2.09. The number of ether oxygens (including phenoxy) is 1. The first-order valence-corrected chi connectivity index (χ1v) is 6.28. The quantitative estimate of drug-likeness (QED) is 0.744. The number of methoxy groups -OCH3 is 1. The van der Waals surface area contributed by atoms with Crippen molar-refractivity contribution in [3.05, 3.63) is 24.3 Å². The summed E-state index contributed by atoms with van der Waals surface area (Å²) in [6.07, 6.45) is 0. The molecule has 0 aliphatic carbocycles. The van der Waals surface area contributed by atoms with Gasteiger partial charge >= 0.3 is 6.03 Å². The number of piperazine rings is 1. The molecule has 104 valence electrons. The molecule has 1 aliphatic rings. The van der Waals surface area contributed by atoms with Crippen LogP contribution in [0.3, 0.4) is 0 Å². The highest BCUT2D eigenvalue weighted by Crippen LogP contribution is 2.17. The number of aliphatic hydroxyl groups is 1. The topological polar surface area (TPSA) is 73.8 Å². The lowest BCUT2D eigenvalue weighted by Crippen LogP contribution is -2.56. The zero-order valence-corrected chi connectivity index (χ0v) is 10.9. The van der Waals surface area contributed by atoms with Gasteiger partial charge < -0.3 is 25.4 Å². The van der Waals surface area contributed by atoms with E-state index >= 15 is 0 Å². The van der Waals surface area contributed by atoms with Crippen LogP contribution >= 0.6 is 0 Å². The predicted octanol–water partition coefficient (Wildman–Crippen LogP) is 0.493. The summed E-state index contributed by atoms with van der Waals surface area (Å²) in [4.78, 5) is 13.8. The van der Waals surface area contributed by atoms with E-state index in [0.29, 0.717) is 24.5 Å². The third-order valence-electron chi connectivity index (χ3n) is 3.14. The molecule has 1 saturated heterocycles. The molecule has 0 spiro atoms. The summed E-state index contributed by atoms with van der Waals surface area (Å²) < 4.78 is 5.11. The maximum absolute atomic E-state index is 12.2. The summed E-state index contributed by atoms with van der Waals surface area (Å²) >= 11 is 0. The molecule has 1 aromatic carbocycles. The van der Waals surface area contributed by atoms with Crippen molar-refractivity contribution in [2.24, 2.45) is 0 Å². The zero-order chi connectivity index (χ0) is 13.7. The fraction of sp³-hybridized carbons (Fsp3) is 0.462. The zero-order valence-electron chi connectivity index (χ0n) is 10.9. The van der Waals surface area contributed by atoms with Gasteiger partial charge in [-0.3, -0.25) is 0 Å². The Morgan fingerprint density at radius 1 is 1.63 bits per heavy atom. The van der Waals surface area contributed by atoms with Crippen LogP contribution in [0.1, 0.15) is 0 Å². The lowest BCUT2D eigenvalue weighted by Gasteiger charge is -2.35. The Morgan fingerprint density at radius 3 is 3.21 bits per heavy atom. The Bertz CT molecular complexity index is 439. The molecule has 1 aliphatic heterocycles. The number of rotatable bonds is 3. The van der Waals surface area contributed by atoms with Gasteiger partial charge in [0.05, 0.1) is 19.8 Å². The molecule has 0 bridgehead atoms. The SMILES string of the molecule is COc1cccc(NC(=O)N2CCNCC2CO)c1. The van der Waals surface area contributed by atoms with Crippen LogP contribution in [0.4, 0.5) is 10.5 Å². The van der Waals surface area contributed by atoms with Crippen LogP contribution in [-0.4, -0.2) is 55.4 Å². The summed E-state index contributed by atoms with van der Waals surface area (Å²) in [5.41, 5.74) is 0.680. The van der Waals surface area contributed by atoms with E-state index in [1.54, 1.807) is 24.1 Å². The van der Waals surface area contributed by atoms with E-state index < -0.39 is 0 Å². The van der Waals surface area contributed by atoms with E-state index in [2.05, 4.69) is 10.6 Å². The first-order chi connectivity index (χ1) is 9.24. The maximum atomic E-state index is 12.2. The lowest BCUT2D eigenvalue weighted by atomic mass is 10.2. The Morgan fingerprint density at radius 2 is 2.47 bits per heavy atom. The minimum atomic E-state index is -0.200. The van der Waals surface area contributed by atoms with Crippen molar-refractivity contribution in [1.82, 2.24) is 10.2 Å². The van der Waals surface area contributed by atoms with E-state index in [0.717, 1.165) is 6.54 Å². The number of nitrogens with one attached hydrogen (secondary N) is 2. The molecule has 3 N–H and O–H groups in total. The third kappa shape index (κ3) is 3.36. The van der Waals surface area contributed by atoms with Crippen molar-refractivity contribution in [3.8, 4) is 5.75 Å².